The fourth-order valence-corrected chi connectivity index (χ4v) is 2.91. The lowest BCUT2D eigenvalue weighted by Crippen LogP contribution is -2.01. The van der Waals surface area contributed by atoms with E-state index in [9.17, 15) is 0 Å². The van der Waals surface area contributed by atoms with Crippen LogP contribution in [0.2, 0.25) is 5.02 Å². The lowest BCUT2D eigenvalue weighted by molar-refractivity contribution is 1.11. The van der Waals surface area contributed by atoms with Crippen molar-refractivity contribution < 1.29 is 0 Å². The van der Waals surface area contributed by atoms with Crippen LogP contribution >= 0.6 is 39.3 Å². The van der Waals surface area contributed by atoms with Crippen molar-refractivity contribution in [3.8, 4) is 0 Å². The summed E-state index contributed by atoms with van der Waals surface area (Å²) in [6.07, 6.45) is 3.56. The first kappa shape index (κ1) is 12.8. The highest BCUT2D eigenvalue weighted by Gasteiger charge is 2.09. The number of hydrogen-bond donors (Lipinski definition) is 1. The molecule has 2 aromatic heterocycles. The number of aromatic nitrogens is 3. The van der Waals surface area contributed by atoms with Crippen LogP contribution in [0.15, 0.2) is 35.1 Å². The van der Waals surface area contributed by atoms with Crippen molar-refractivity contribution in [3.63, 3.8) is 0 Å². The number of nitrogens with zero attached hydrogens (tertiary/aromatic N) is 3. The highest BCUT2D eigenvalue weighted by molar-refractivity contribution is 9.10. The largest absolute Gasteiger partial charge is 0.378 e. The zero-order chi connectivity index (χ0) is 13.2. The van der Waals surface area contributed by atoms with Gasteiger partial charge in [0.2, 0.25) is 0 Å². The first-order valence-corrected chi connectivity index (χ1v) is 7.38. The van der Waals surface area contributed by atoms with E-state index in [0.29, 0.717) is 11.6 Å². The van der Waals surface area contributed by atoms with E-state index in [1.54, 1.807) is 6.20 Å². The van der Waals surface area contributed by atoms with E-state index >= 15 is 0 Å². The number of hydrogen-bond acceptors (Lipinski definition) is 5. The fraction of sp³-hybridized carbons (Fsp3) is 0.0833. The van der Waals surface area contributed by atoms with E-state index in [0.717, 1.165) is 26.8 Å². The molecular weight excluding hydrogens is 348 g/mol. The van der Waals surface area contributed by atoms with Crippen molar-refractivity contribution in [2.45, 2.75) is 6.54 Å². The van der Waals surface area contributed by atoms with Gasteiger partial charge < -0.3 is 5.32 Å². The Kier molecular flexibility index (Phi) is 3.63. The Morgan fingerprint density at radius 3 is 3.00 bits per heavy atom. The van der Waals surface area contributed by atoms with Crippen LogP contribution in [0.3, 0.4) is 0 Å². The van der Waals surface area contributed by atoms with E-state index in [4.69, 9.17) is 11.6 Å². The summed E-state index contributed by atoms with van der Waals surface area (Å²) in [4.78, 5) is 4.13. The van der Waals surface area contributed by atoms with Crippen LogP contribution in [0.5, 0.6) is 0 Å². The number of nitrogens with one attached hydrogen (secondary N) is 1. The molecule has 0 unspecified atom stereocenters. The van der Waals surface area contributed by atoms with Crippen LogP contribution < -0.4 is 5.32 Å². The highest BCUT2D eigenvalue weighted by atomic mass is 79.9. The van der Waals surface area contributed by atoms with Gasteiger partial charge in [-0.1, -0.05) is 11.6 Å². The summed E-state index contributed by atoms with van der Waals surface area (Å²) in [6.45, 7) is 0.628. The fourth-order valence-electron chi connectivity index (χ4n) is 1.74. The zero-order valence-electron chi connectivity index (χ0n) is 9.60. The minimum absolute atomic E-state index is 0.628. The van der Waals surface area contributed by atoms with Crippen molar-refractivity contribution in [1.82, 2.24) is 13.7 Å². The molecule has 96 valence electrons. The van der Waals surface area contributed by atoms with Crippen LogP contribution in [-0.2, 0) is 6.54 Å². The van der Waals surface area contributed by atoms with Gasteiger partial charge in [0.25, 0.3) is 0 Å². The zero-order valence-corrected chi connectivity index (χ0v) is 12.8. The first-order chi connectivity index (χ1) is 9.24. The van der Waals surface area contributed by atoms with E-state index in [-0.39, 0.29) is 0 Å². The lowest BCUT2D eigenvalue weighted by Gasteiger charge is -2.08. The number of pyridine rings is 1. The Morgan fingerprint density at radius 2 is 2.16 bits per heavy atom. The molecule has 0 fully saturated rings. The maximum absolute atomic E-state index is 6.21. The molecule has 0 aliphatic heterocycles. The molecule has 2 heterocycles. The lowest BCUT2D eigenvalue weighted by atomic mass is 10.2. The third kappa shape index (κ3) is 2.70. The second-order valence-electron chi connectivity index (χ2n) is 3.92. The molecule has 0 bridgehead atoms. The average molecular weight is 356 g/mol. The second kappa shape index (κ2) is 5.40. The van der Waals surface area contributed by atoms with E-state index < -0.39 is 0 Å². The molecule has 0 amide bonds. The molecule has 0 aliphatic rings. The minimum atomic E-state index is 0.628. The summed E-state index contributed by atoms with van der Waals surface area (Å²) in [5.74, 6) is 0. The molecule has 0 radical (unpaired) electrons. The van der Waals surface area contributed by atoms with Crippen LogP contribution in [0, 0.1) is 0 Å². The SMILES string of the molecule is Clc1ccc2nsnc2c1NCc1cncc(Br)c1. The van der Waals surface area contributed by atoms with Crippen molar-refractivity contribution in [2.24, 2.45) is 0 Å². The van der Waals surface area contributed by atoms with Gasteiger partial charge in [0.15, 0.2) is 0 Å². The third-order valence-electron chi connectivity index (χ3n) is 2.61. The van der Waals surface area contributed by atoms with Gasteiger partial charge >= 0.3 is 0 Å². The van der Waals surface area contributed by atoms with Crippen molar-refractivity contribution in [2.75, 3.05) is 5.32 Å². The number of halogens is 2. The molecule has 3 rings (SSSR count). The van der Waals surface area contributed by atoms with Gasteiger partial charge in [-0.3, -0.25) is 4.98 Å². The molecule has 0 spiro atoms. The molecule has 1 aromatic carbocycles. The Bertz CT molecular complexity index is 731. The Morgan fingerprint density at radius 1 is 1.26 bits per heavy atom. The van der Waals surface area contributed by atoms with Gasteiger partial charge in [0, 0.05) is 23.4 Å². The maximum atomic E-state index is 6.21. The van der Waals surface area contributed by atoms with Crippen LogP contribution in [0.1, 0.15) is 5.56 Å². The summed E-state index contributed by atoms with van der Waals surface area (Å²) in [5.41, 5.74) is 3.53. The molecule has 3 aromatic rings. The molecule has 0 aliphatic carbocycles. The number of benzene rings is 1. The number of rotatable bonds is 3. The second-order valence-corrected chi connectivity index (χ2v) is 5.77. The van der Waals surface area contributed by atoms with E-state index in [1.807, 2.05) is 24.4 Å². The highest BCUT2D eigenvalue weighted by Crippen LogP contribution is 2.30. The molecule has 0 saturated heterocycles. The van der Waals surface area contributed by atoms with Crippen molar-refractivity contribution in [1.29, 1.82) is 0 Å². The molecular formula is C12H8BrClN4S. The topological polar surface area (TPSA) is 50.7 Å². The van der Waals surface area contributed by atoms with Gasteiger partial charge in [0.05, 0.1) is 22.4 Å². The van der Waals surface area contributed by atoms with Crippen molar-refractivity contribution in [3.05, 3.63) is 45.7 Å². The molecule has 0 atom stereocenters. The van der Waals surface area contributed by atoms with E-state index in [2.05, 4.69) is 35.0 Å². The Balaban J connectivity index is 1.89. The van der Waals surface area contributed by atoms with Gasteiger partial charge in [0.1, 0.15) is 11.0 Å². The average Bonchev–Trinajstić information content (AvgIpc) is 2.86. The summed E-state index contributed by atoms with van der Waals surface area (Å²) in [6, 6.07) is 5.70. The monoisotopic (exact) mass is 354 g/mol. The molecule has 1 N–H and O–H groups in total. The molecule has 7 heteroatoms. The van der Waals surface area contributed by atoms with Gasteiger partial charge in [-0.25, -0.2) is 0 Å². The van der Waals surface area contributed by atoms with Gasteiger partial charge in [-0.2, -0.15) is 8.75 Å². The minimum Gasteiger partial charge on any atom is -0.378 e. The van der Waals surface area contributed by atoms with E-state index in [1.165, 1.54) is 11.7 Å². The summed E-state index contributed by atoms with van der Waals surface area (Å²) in [5, 5.41) is 3.94. The summed E-state index contributed by atoms with van der Waals surface area (Å²) >= 11 is 10.8. The number of fused-ring (bicyclic) bond motifs is 1. The van der Waals surface area contributed by atoms with Crippen molar-refractivity contribution >= 4 is 56.0 Å². The van der Waals surface area contributed by atoms with Crippen LogP contribution in [0.25, 0.3) is 11.0 Å². The Hall–Kier alpha value is -1.24. The first-order valence-electron chi connectivity index (χ1n) is 5.48. The summed E-state index contributed by atoms with van der Waals surface area (Å²) in [7, 11) is 0. The predicted octanol–water partition coefficient (Wildman–Crippen LogP) is 4.11. The molecule has 0 saturated carbocycles. The molecule has 19 heavy (non-hydrogen) atoms. The molecule has 4 nitrogen and oxygen atoms in total. The smallest absolute Gasteiger partial charge is 0.129 e. The predicted molar refractivity (Wildman–Crippen MR) is 81.7 cm³/mol. The van der Waals surface area contributed by atoms with Gasteiger partial charge in [-0.15, -0.1) is 0 Å². The van der Waals surface area contributed by atoms with Crippen LogP contribution in [-0.4, -0.2) is 13.7 Å². The standard InChI is InChI=1S/C12H8BrClN4S/c13-8-3-7(4-15-6-8)5-16-11-9(14)1-2-10-12(11)18-19-17-10/h1-4,6,16H,5H2. The van der Waals surface area contributed by atoms with Crippen LogP contribution in [0.4, 0.5) is 5.69 Å². The summed E-state index contributed by atoms with van der Waals surface area (Å²) < 4.78 is 9.42. The number of anilines is 1. The quantitative estimate of drug-likeness (QED) is 0.768. The Labute approximate surface area is 127 Å². The maximum Gasteiger partial charge on any atom is 0.129 e. The normalized spacial score (nSPS) is 10.8. The van der Waals surface area contributed by atoms with Gasteiger partial charge in [-0.05, 0) is 39.7 Å². The third-order valence-corrected chi connectivity index (χ3v) is 3.90.